The maximum absolute atomic E-state index is 11.5. The molecule has 0 saturated carbocycles. The summed E-state index contributed by atoms with van der Waals surface area (Å²) in [6.45, 7) is 4.36. The van der Waals surface area contributed by atoms with Gasteiger partial charge in [0.05, 0.1) is 6.04 Å². The molecule has 0 unspecified atom stereocenters. The minimum absolute atomic E-state index is 0.0515. The number of nitrogens with one attached hydrogen (secondary N) is 1. The molecule has 2 rings (SSSR count). The van der Waals surface area contributed by atoms with Crippen LogP contribution in [0.3, 0.4) is 0 Å². The summed E-state index contributed by atoms with van der Waals surface area (Å²) in [5.41, 5.74) is 1.19. The number of benzene rings is 1. The SMILES string of the molecule is C[C@@H]1C(=O)NCCN1Cc1ccc(Cl)cc1. The number of rotatable bonds is 2. The number of amides is 1. The third kappa shape index (κ3) is 2.54. The first-order valence-corrected chi connectivity index (χ1v) is 5.81. The molecule has 1 aromatic carbocycles. The van der Waals surface area contributed by atoms with Crippen molar-refractivity contribution in [1.29, 1.82) is 0 Å². The predicted octanol–water partition coefficient (Wildman–Crippen LogP) is 1.66. The molecule has 4 heteroatoms. The number of piperazine rings is 1. The van der Waals surface area contributed by atoms with E-state index in [0.717, 1.165) is 24.7 Å². The molecule has 1 heterocycles. The predicted molar refractivity (Wildman–Crippen MR) is 64.3 cm³/mol. The molecule has 0 bridgehead atoms. The first kappa shape index (κ1) is 11.4. The summed E-state index contributed by atoms with van der Waals surface area (Å²) in [5, 5.41) is 3.60. The maximum atomic E-state index is 11.5. The quantitative estimate of drug-likeness (QED) is 0.850. The van der Waals surface area contributed by atoms with Gasteiger partial charge in [0.25, 0.3) is 0 Å². The molecule has 0 aliphatic carbocycles. The lowest BCUT2D eigenvalue weighted by molar-refractivity contribution is -0.128. The number of hydrogen-bond donors (Lipinski definition) is 1. The van der Waals surface area contributed by atoms with E-state index in [1.807, 2.05) is 31.2 Å². The molecule has 1 aromatic rings. The molecule has 1 amide bonds. The van der Waals surface area contributed by atoms with Crippen LogP contribution in [0.1, 0.15) is 12.5 Å². The number of nitrogens with zero attached hydrogens (tertiary/aromatic N) is 1. The van der Waals surface area contributed by atoms with E-state index in [1.165, 1.54) is 5.56 Å². The Kier molecular flexibility index (Phi) is 3.46. The molecule has 0 radical (unpaired) electrons. The van der Waals surface area contributed by atoms with E-state index in [4.69, 9.17) is 11.6 Å². The van der Waals surface area contributed by atoms with Crippen LogP contribution in [0.5, 0.6) is 0 Å². The van der Waals surface area contributed by atoms with Crippen molar-refractivity contribution in [2.75, 3.05) is 13.1 Å². The molecule has 16 heavy (non-hydrogen) atoms. The van der Waals surface area contributed by atoms with Gasteiger partial charge in [-0.3, -0.25) is 9.69 Å². The van der Waals surface area contributed by atoms with Gasteiger partial charge in [-0.25, -0.2) is 0 Å². The topological polar surface area (TPSA) is 32.3 Å². The fourth-order valence-corrected chi connectivity index (χ4v) is 2.00. The zero-order valence-electron chi connectivity index (χ0n) is 9.24. The lowest BCUT2D eigenvalue weighted by atomic mass is 10.1. The molecule has 1 fully saturated rings. The Balaban J connectivity index is 2.03. The van der Waals surface area contributed by atoms with Crippen molar-refractivity contribution < 1.29 is 4.79 Å². The number of hydrogen-bond acceptors (Lipinski definition) is 2. The van der Waals surface area contributed by atoms with Crippen LogP contribution in [0.15, 0.2) is 24.3 Å². The Labute approximate surface area is 100 Å². The van der Waals surface area contributed by atoms with Crippen LogP contribution in [0.2, 0.25) is 5.02 Å². The third-order valence-electron chi connectivity index (χ3n) is 2.92. The van der Waals surface area contributed by atoms with Crippen LogP contribution in [0.4, 0.5) is 0 Å². The summed E-state index contributed by atoms with van der Waals surface area (Å²) < 4.78 is 0. The second-order valence-electron chi connectivity index (χ2n) is 4.06. The van der Waals surface area contributed by atoms with Gasteiger partial charge in [-0.15, -0.1) is 0 Å². The van der Waals surface area contributed by atoms with Crippen LogP contribution in [-0.2, 0) is 11.3 Å². The van der Waals surface area contributed by atoms with Gasteiger partial charge in [0, 0.05) is 24.7 Å². The second-order valence-corrected chi connectivity index (χ2v) is 4.50. The van der Waals surface area contributed by atoms with Crippen molar-refractivity contribution in [3.63, 3.8) is 0 Å². The lowest BCUT2D eigenvalue weighted by Gasteiger charge is -2.32. The van der Waals surface area contributed by atoms with Crippen LogP contribution in [0, 0.1) is 0 Å². The average Bonchev–Trinajstić information content (AvgIpc) is 2.28. The summed E-state index contributed by atoms with van der Waals surface area (Å²) >= 11 is 5.83. The summed E-state index contributed by atoms with van der Waals surface area (Å²) in [6.07, 6.45) is 0. The normalized spacial score (nSPS) is 21.9. The minimum Gasteiger partial charge on any atom is -0.353 e. The van der Waals surface area contributed by atoms with Crippen LogP contribution < -0.4 is 5.32 Å². The van der Waals surface area contributed by atoms with Crippen molar-refractivity contribution in [2.24, 2.45) is 0 Å². The van der Waals surface area contributed by atoms with E-state index in [9.17, 15) is 4.79 Å². The Morgan fingerprint density at radius 2 is 2.12 bits per heavy atom. The van der Waals surface area contributed by atoms with Gasteiger partial charge in [0.1, 0.15) is 0 Å². The highest BCUT2D eigenvalue weighted by Crippen LogP contribution is 2.14. The molecule has 1 atom stereocenters. The van der Waals surface area contributed by atoms with Gasteiger partial charge in [-0.2, -0.15) is 0 Å². The Morgan fingerprint density at radius 1 is 1.44 bits per heavy atom. The fraction of sp³-hybridized carbons (Fsp3) is 0.417. The van der Waals surface area contributed by atoms with E-state index in [2.05, 4.69) is 10.2 Å². The van der Waals surface area contributed by atoms with Crippen molar-refractivity contribution in [1.82, 2.24) is 10.2 Å². The van der Waals surface area contributed by atoms with E-state index in [-0.39, 0.29) is 11.9 Å². The maximum Gasteiger partial charge on any atom is 0.237 e. The second kappa shape index (κ2) is 4.85. The molecular formula is C12H15ClN2O. The van der Waals surface area contributed by atoms with Crippen LogP contribution in [-0.4, -0.2) is 29.9 Å². The van der Waals surface area contributed by atoms with Gasteiger partial charge in [-0.1, -0.05) is 23.7 Å². The number of halogens is 1. The average molecular weight is 239 g/mol. The smallest absolute Gasteiger partial charge is 0.237 e. The molecule has 3 nitrogen and oxygen atoms in total. The van der Waals surface area contributed by atoms with E-state index >= 15 is 0 Å². The summed E-state index contributed by atoms with van der Waals surface area (Å²) in [4.78, 5) is 13.6. The largest absolute Gasteiger partial charge is 0.353 e. The van der Waals surface area contributed by atoms with Crippen molar-refractivity contribution in [3.05, 3.63) is 34.9 Å². The molecule has 0 spiro atoms. The van der Waals surface area contributed by atoms with Crippen molar-refractivity contribution >= 4 is 17.5 Å². The molecule has 1 aliphatic rings. The molecule has 86 valence electrons. The summed E-state index contributed by atoms with van der Waals surface area (Å²) in [6, 6.07) is 7.71. The Bertz CT molecular complexity index is 377. The summed E-state index contributed by atoms with van der Waals surface area (Å²) in [5.74, 6) is 0.111. The number of carbonyl (C=O) groups excluding carboxylic acids is 1. The molecule has 1 saturated heterocycles. The zero-order valence-corrected chi connectivity index (χ0v) is 10.00. The van der Waals surface area contributed by atoms with Crippen LogP contribution >= 0.6 is 11.6 Å². The standard InChI is InChI=1S/C12H15ClN2O/c1-9-12(16)14-6-7-15(9)8-10-2-4-11(13)5-3-10/h2-5,9H,6-8H2,1H3,(H,14,16)/t9-/m1/s1. The monoisotopic (exact) mass is 238 g/mol. The molecule has 1 aliphatic heterocycles. The Hall–Kier alpha value is -1.06. The van der Waals surface area contributed by atoms with Crippen LogP contribution in [0.25, 0.3) is 0 Å². The van der Waals surface area contributed by atoms with Gasteiger partial charge >= 0.3 is 0 Å². The summed E-state index contributed by atoms with van der Waals surface area (Å²) in [7, 11) is 0. The first-order chi connectivity index (χ1) is 7.66. The van der Waals surface area contributed by atoms with Crippen molar-refractivity contribution in [3.8, 4) is 0 Å². The lowest BCUT2D eigenvalue weighted by Crippen LogP contribution is -2.53. The molecular weight excluding hydrogens is 224 g/mol. The van der Waals surface area contributed by atoms with Gasteiger partial charge < -0.3 is 5.32 Å². The minimum atomic E-state index is -0.0515. The van der Waals surface area contributed by atoms with E-state index < -0.39 is 0 Å². The zero-order chi connectivity index (χ0) is 11.5. The van der Waals surface area contributed by atoms with E-state index in [1.54, 1.807) is 0 Å². The number of carbonyl (C=O) groups is 1. The van der Waals surface area contributed by atoms with E-state index in [0.29, 0.717) is 0 Å². The fourth-order valence-electron chi connectivity index (χ4n) is 1.87. The van der Waals surface area contributed by atoms with Gasteiger partial charge in [0.2, 0.25) is 5.91 Å². The van der Waals surface area contributed by atoms with Gasteiger partial charge in [-0.05, 0) is 24.6 Å². The molecule has 1 N–H and O–H groups in total. The van der Waals surface area contributed by atoms with Gasteiger partial charge in [0.15, 0.2) is 0 Å². The Morgan fingerprint density at radius 3 is 2.81 bits per heavy atom. The highest BCUT2D eigenvalue weighted by Gasteiger charge is 2.24. The first-order valence-electron chi connectivity index (χ1n) is 5.43. The van der Waals surface area contributed by atoms with Crippen molar-refractivity contribution in [2.45, 2.75) is 19.5 Å². The highest BCUT2D eigenvalue weighted by molar-refractivity contribution is 6.30. The highest BCUT2D eigenvalue weighted by atomic mass is 35.5. The third-order valence-corrected chi connectivity index (χ3v) is 3.18. The molecule has 0 aromatic heterocycles.